The molecule has 0 unspecified atom stereocenters. The van der Waals surface area contributed by atoms with E-state index in [9.17, 15) is 4.79 Å². The number of carbonyl (C=O) groups is 1. The summed E-state index contributed by atoms with van der Waals surface area (Å²) < 4.78 is 0. The number of hydrogen-bond acceptors (Lipinski definition) is 1. The van der Waals surface area contributed by atoms with E-state index in [1.165, 1.54) is 70.6 Å². The van der Waals surface area contributed by atoms with Crippen LogP contribution in [0.15, 0.2) is 0 Å². The van der Waals surface area contributed by atoms with Crippen LogP contribution in [0.2, 0.25) is 0 Å². The fourth-order valence-electron chi connectivity index (χ4n) is 6.06. The average Bonchev–Trinajstić information content (AvgIpc) is 2.55. The first-order valence-corrected chi connectivity index (χ1v) is 11.9. The molecule has 6 atom stereocenters. The zero-order valence-electron chi connectivity index (χ0n) is 17.1. The molecule has 0 aromatic heterocycles. The Morgan fingerprint density at radius 3 is 1.65 bits per heavy atom. The number of hydrogen-bond donors (Lipinski definition) is 1. The Hall–Kier alpha value is -0.530. The molecule has 0 saturated heterocycles. The molecular formula is C24H42O2. The van der Waals surface area contributed by atoms with Gasteiger partial charge in [0.1, 0.15) is 0 Å². The van der Waals surface area contributed by atoms with Crippen molar-refractivity contribution in [2.24, 2.45) is 35.5 Å². The van der Waals surface area contributed by atoms with Crippen LogP contribution in [0.3, 0.4) is 0 Å². The quantitative estimate of drug-likeness (QED) is 0.356. The molecule has 0 spiro atoms. The molecule has 2 heteroatoms. The second-order valence-corrected chi connectivity index (χ2v) is 9.87. The number of unbranched alkanes of at least 4 members (excludes halogenated alkanes) is 4. The Morgan fingerprint density at radius 2 is 1.15 bits per heavy atom. The first kappa shape index (κ1) is 20.2. The highest BCUT2D eigenvalue weighted by Crippen LogP contribution is 2.51. The molecule has 0 heterocycles. The molecule has 0 bridgehead atoms. The zero-order valence-corrected chi connectivity index (χ0v) is 17.1. The summed E-state index contributed by atoms with van der Waals surface area (Å²) in [7, 11) is 0. The van der Waals surface area contributed by atoms with Crippen LogP contribution in [0.1, 0.15) is 110 Å². The second kappa shape index (κ2) is 10.1. The van der Waals surface area contributed by atoms with Gasteiger partial charge in [0.25, 0.3) is 0 Å². The Labute approximate surface area is 161 Å². The molecule has 3 rings (SSSR count). The van der Waals surface area contributed by atoms with E-state index < -0.39 is 5.97 Å². The average molecular weight is 363 g/mol. The summed E-state index contributed by atoms with van der Waals surface area (Å²) in [6.07, 6.45) is 21.3. The first-order chi connectivity index (χ1) is 12.7. The number of aliphatic carboxylic acids is 1. The van der Waals surface area contributed by atoms with Crippen molar-refractivity contribution < 1.29 is 9.90 Å². The van der Waals surface area contributed by atoms with Crippen LogP contribution < -0.4 is 0 Å². The summed E-state index contributed by atoms with van der Waals surface area (Å²) in [6.45, 7) is 2.39. The summed E-state index contributed by atoms with van der Waals surface area (Å²) in [5.74, 6) is 5.77. The third kappa shape index (κ3) is 5.49. The molecule has 26 heavy (non-hydrogen) atoms. The van der Waals surface area contributed by atoms with Gasteiger partial charge in [-0.05, 0) is 93.3 Å². The minimum Gasteiger partial charge on any atom is -0.481 e. The third-order valence-corrected chi connectivity index (χ3v) is 8.43. The van der Waals surface area contributed by atoms with Crippen molar-refractivity contribution in [3.63, 3.8) is 0 Å². The van der Waals surface area contributed by atoms with Gasteiger partial charge in [0.15, 0.2) is 0 Å². The lowest BCUT2D eigenvalue weighted by Gasteiger charge is -2.48. The van der Waals surface area contributed by atoms with Crippen molar-refractivity contribution in [2.45, 2.75) is 110 Å². The van der Waals surface area contributed by atoms with Crippen LogP contribution in [-0.2, 0) is 4.79 Å². The lowest BCUT2D eigenvalue weighted by Crippen LogP contribution is -2.37. The van der Waals surface area contributed by atoms with Crippen molar-refractivity contribution in [3.05, 3.63) is 0 Å². The standard InChI is InChI=1S/C24H42O2/c1-2-18-10-12-20(18)16-22-14-15-23(22)17-21-13-11-19(21)8-6-4-3-5-7-9-24(25)26/h18-23H,2-17H2,1H3,(H,25,26)/t18-,19-,20-,21-,22+,23-/m1/s1. The largest absolute Gasteiger partial charge is 0.481 e. The molecule has 0 aromatic rings. The van der Waals surface area contributed by atoms with Gasteiger partial charge in [-0.2, -0.15) is 0 Å². The fraction of sp³-hybridized carbons (Fsp3) is 0.958. The van der Waals surface area contributed by atoms with Crippen LogP contribution in [-0.4, -0.2) is 11.1 Å². The highest BCUT2D eigenvalue weighted by Gasteiger charge is 2.40. The van der Waals surface area contributed by atoms with Crippen molar-refractivity contribution >= 4 is 5.97 Å². The van der Waals surface area contributed by atoms with Gasteiger partial charge in [-0.3, -0.25) is 4.79 Å². The zero-order chi connectivity index (χ0) is 18.4. The number of carboxylic acid groups (broad SMARTS) is 1. The predicted octanol–water partition coefficient (Wildman–Crippen LogP) is 7.07. The van der Waals surface area contributed by atoms with E-state index >= 15 is 0 Å². The van der Waals surface area contributed by atoms with E-state index in [1.807, 2.05) is 0 Å². The Bertz CT molecular complexity index is 430. The van der Waals surface area contributed by atoms with Crippen molar-refractivity contribution in [1.82, 2.24) is 0 Å². The maximum atomic E-state index is 10.5. The summed E-state index contributed by atoms with van der Waals surface area (Å²) in [5, 5.41) is 8.66. The monoisotopic (exact) mass is 362 g/mol. The van der Waals surface area contributed by atoms with Gasteiger partial charge in [0.05, 0.1) is 0 Å². The van der Waals surface area contributed by atoms with Crippen LogP contribution in [0.25, 0.3) is 0 Å². The molecular weight excluding hydrogens is 320 g/mol. The minimum atomic E-state index is -0.640. The molecule has 0 aromatic carbocycles. The Kier molecular flexibility index (Phi) is 7.88. The van der Waals surface area contributed by atoms with Crippen molar-refractivity contribution in [1.29, 1.82) is 0 Å². The van der Waals surface area contributed by atoms with Crippen LogP contribution in [0.4, 0.5) is 0 Å². The first-order valence-electron chi connectivity index (χ1n) is 11.9. The van der Waals surface area contributed by atoms with Crippen LogP contribution in [0.5, 0.6) is 0 Å². The van der Waals surface area contributed by atoms with E-state index in [1.54, 1.807) is 12.8 Å². The normalized spacial score (nSPS) is 36.0. The van der Waals surface area contributed by atoms with Gasteiger partial charge in [0, 0.05) is 6.42 Å². The third-order valence-electron chi connectivity index (χ3n) is 8.43. The van der Waals surface area contributed by atoms with Crippen molar-refractivity contribution in [2.75, 3.05) is 0 Å². The highest BCUT2D eigenvalue weighted by molar-refractivity contribution is 5.66. The van der Waals surface area contributed by atoms with Gasteiger partial charge in [-0.15, -0.1) is 0 Å². The molecule has 0 aliphatic heterocycles. The van der Waals surface area contributed by atoms with E-state index in [4.69, 9.17) is 5.11 Å². The summed E-state index contributed by atoms with van der Waals surface area (Å²) in [4.78, 5) is 10.5. The van der Waals surface area contributed by atoms with Gasteiger partial charge in [0.2, 0.25) is 0 Å². The highest BCUT2D eigenvalue weighted by atomic mass is 16.4. The van der Waals surface area contributed by atoms with E-state index in [2.05, 4.69) is 6.92 Å². The number of carboxylic acids is 1. The van der Waals surface area contributed by atoms with E-state index in [0.717, 1.165) is 48.3 Å². The molecule has 3 saturated carbocycles. The lowest BCUT2D eigenvalue weighted by atomic mass is 9.58. The van der Waals surface area contributed by atoms with Gasteiger partial charge >= 0.3 is 5.97 Å². The summed E-state index contributed by atoms with van der Waals surface area (Å²) in [6, 6.07) is 0. The fourth-order valence-corrected chi connectivity index (χ4v) is 6.06. The van der Waals surface area contributed by atoms with Gasteiger partial charge in [-0.25, -0.2) is 0 Å². The smallest absolute Gasteiger partial charge is 0.303 e. The SMILES string of the molecule is CC[C@@H]1CC[C@@H]1C[C@@H]1CC[C@@H]1C[C@H]1CC[C@H]1CCCCCCCC(=O)O. The van der Waals surface area contributed by atoms with Crippen molar-refractivity contribution in [3.8, 4) is 0 Å². The maximum absolute atomic E-state index is 10.5. The molecule has 3 aliphatic carbocycles. The lowest BCUT2D eigenvalue weighted by molar-refractivity contribution is -0.137. The topological polar surface area (TPSA) is 37.3 Å². The van der Waals surface area contributed by atoms with Gasteiger partial charge in [-0.1, -0.05) is 45.4 Å². The van der Waals surface area contributed by atoms with Crippen LogP contribution in [0, 0.1) is 35.5 Å². The number of rotatable bonds is 13. The minimum absolute atomic E-state index is 0.354. The maximum Gasteiger partial charge on any atom is 0.303 e. The Balaban J connectivity index is 1.23. The van der Waals surface area contributed by atoms with Crippen LogP contribution >= 0.6 is 0 Å². The molecule has 0 amide bonds. The molecule has 150 valence electrons. The molecule has 2 nitrogen and oxygen atoms in total. The second-order valence-electron chi connectivity index (χ2n) is 9.87. The molecule has 3 fully saturated rings. The summed E-state index contributed by atoms with van der Waals surface area (Å²) >= 11 is 0. The molecule has 1 N–H and O–H groups in total. The van der Waals surface area contributed by atoms with E-state index in [-0.39, 0.29) is 0 Å². The van der Waals surface area contributed by atoms with E-state index in [0.29, 0.717) is 6.42 Å². The predicted molar refractivity (Wildman–Crippen MR) is 108 cm³/mol. The molecule has 3 aliphatic rings. The molecule has 0 radical (unpaired) electrons. The summed E-state index contributed by atoms with van der Waals surface area (Å²) in [5.41, 5.74) is 0. The van der Waals surface area contributed by atoms with Gasteiger partial charge < -0.3 is 5.11 Å². The Morgan fingerprint density at radius 1 is 0.692 bits per heavy atom.